The van der Waals surface area contributed by atoms with E-state index in [0.29, 0.717) is 35.3 Å². The van der Waals surface area contributed by atoms with Crippen LogP contribution in [0.4, 0.5) is 4.39 Å². The number of hydrogen-bond acceptors (Lipinski definition) is 1. The van der Waals surface area contributed by atoms with Crippen LogP contribution in [-0.2, 0) is 0 Å². The number of carbonyl (C=O) groups is 1. The molecule has 0 heterocycles. The second-order valence-electron chi connectivity index (χ2n) is 5.47. The molecule has 1 aliphatic carbocycles. The summed E-state index contributed by atoms with van der Waals surface area (Å²) in [7, 11) is 0. The molecule has 0 unspecified atom stereocenters. The van der Waals surface area contributed by atoms with Crippen LogP contribution in [0.25, 0.3) is 10.8 Å². The predicted octanol–water partition coefficient (Wildman–Crippen LogP) is 3.46. The normalized spacial score (nSPS) is 13.9. The lowest BCUT2D eigenvalue weighted by Crippen LogP contribution is -2.33. The van der Waals surface area contributed by atoms with E-state index in [1.807, 2.05) is 6.07 Å². The van der Waals surface area contributed by atoms with Gasteiger partial charge < -0.3 is 4.90 Å². The number of nitrogens with zero attached hydrogens (tertiary/aromatic N) is 1. The molecule has 21 heavy (non-hydrogen) atoms. The van der Waals surface area contributed by atoms with Gasteiger partial charge in [0.1, 0.15) is 5.82 Å². The number of rotatable bonds is 4. The van der Waals surface area contributed by atoms with Gasteiger partial charge in [-0.2, -0.15) is 0 Å². The van der Waals surface area contributed by atoms with Crippen LogP contribution in [0.2, 0.25) is 0 Å². The molecule has 0 aromatic heterocycles. The van der Waals surface area contributed by atoms with Crippen LogP contribution in [0, 0.1) is 24.1 Å². The molecule has 1 fully saturated rings. The minimum atomic E-state index is -0.312. The van der Waals surface area contributed by atoms with E-state index in [2.05, 4.69) is 5.92 Å². The van der Waals surface area contributed by atoms with Gasteiger partial charge >= 0.3 is 0 Å². The van der Waals surface area contributed by atoms with Gasteiger partial charge in [-0.1, -0.05) is 30.2 Å². The van der Waals surface area contributed by atoms with Crippen molar-refractivity contribution in [3.8, 4) is 12.3 Å². The van der Waals surface area contributed by atoms with Gasteiger partial charge in [0.2, 0.25) is 0 Å². The van der Waals surface area contributed by atoms with Crippen molar-refractivity contribution in [2.45, 2.75) is 12.8 Å². The Labute approximate surface area is 123 Å². The van der Waals surface area contributed by atoms with E-state index in [9.17, 15) is 9.18 Å². The molecule has 3 heteroatoms. The SMILES string of the molecule is C#CCN(CC1CC1)C(=O)c1ccc(F)c2ccccc12. The molecule has 2 nitrogen and oxygen atoms in total. The Morgan fingerprint density at radius 1 is 1.24 bits per heavy atom. The average molecular weight is 281 g/mol. The summed E-state index contributed by atoms with van der Waals surface area (Å²) in [5, 5.41) is 1.11. The van der Waals surface area contributed by atoms with Gasteiger partial charge in [-0.25, -0.2) is 4.39 Å². The molecular weight excluding hydrogens is 265 g/mol. The van der Waals surface area contributed by atoms with Crippen LogP contribution in [0.3, 0.4) is 0 Å². The second kappa shape index (κ2) is 5.57. The molecule has 0 spiro atoms. The third-order valence-electron chi connectivity index (χ3n) is 3.85. The fourth-order valence-electron chi connectivity index (χ4n) is 2.56. The summed E-state index contributed by atoms with van der Waals surface area (Å²) in [6, 6.07) is 9.94. The molecule has 1 saturated carbocycles. The third kappa shape index (κ3) is 2.75. The largest absolute Gasteiger partial charge is 0.327 e. The Kier molecular flexibility index (Phi) is 3.62. The minimum absolute atomic E-state index is 0.115. The van der Waals surface area contributed by atoms with Crippen molar-refractivity contribution in [2.75, 3.05) is 13.1 Å². The molecule has 0 N–H and O–H groups in total. The van der Waals surface area contributed by atoms with E-state index in [-0.39, 0.29) is 11.7 Å². The van der Waals surface area contributed by atoms with Crippen molar-refractivity contribution in [3.63, 3.8) is 0 Å². The van der Waals surface area contributed by atoms with Crippen LogP contribution in [0.1, 0.15) is 23.2 Å². The minimum Gasteiger partial charge on any atom is -0.327 e. The zero-order valence-electron chi connectivity index (χ0n) is 11.7. The highest BCUT2D eigenvalue weighted by molar-refractivity contribution is 6.07. The van der Waals surface area contributed by atoms with E-state index in [1.54, 1.807) is 29.2 Å². The lowest BCUT2D eigenvalue weighted by molar-refractivity contribution is 0.0771. The lowest BCUT2D eigenvalue weighted by atomic mass is 10.0. The fourth-order valence-corrected chi connectivity index (χ4v) is 2.56. The summed E-state index contributed by atoms with van der Waals surface area (Å²) in [6.45, 7) is 0.982. The molecule has 0 radical (unpaired) electrons. The Balaban J connectivity index is 2.00. The van der Waals surface area contributed by atoms with E-state index in [0.717, 1.165) is 12.8 Å². The molecule has 106 valence electrons. The molecule has 0 atom stereocenters. The summed E-state index contributed by atoms with van der Waals surface area (Å²) >= 11 is 0. The average Bonchev–Trinajstić information content (AvgIpc) is 3.31. The van der Waals surface area contributed by atoms with Gasteiger partial charge in [0.15, 0.2) is 0 Å². The van der Waals surface area contributed by atoms with Crippen LogP contribution in [-0.4, -0.2) is 23.9 Å². The first-order valence-electron chi connectivity index (χ1n) is 7.10. The molecule has 2 aromatic rings. The van der Waals surface area contributed by atoms with Crippen molar-refractivity contribution in [1.82, 2.24) is 4.90 Å². The third-order valence-corrected chi connectivity index (χ3v) is 3.85. The number of fused-ring (bicyclic) bond motifs is 1. The number of halogens is 1. The van der Waals surface area contributed by atoms with Crippen molar-refractivity contribution >= 4 is 16.7 Å². The Morgan fingerprint density at radius 3 is 2.62 bits per heavy atom. The van der Waals surface area contributed by atoms with Gasteiger partial charge in [-0.15, -0.1) is 6.42 Å². The summed E-state index contributed by atoms with van der Waals surface area (Å²) in [5.41, 5.74) is 0.517. The second-order valence-corrected chi connectivity index (χ2v) is 5.47. The molecule has 1 aliphatic rings. The Hall–Kier alpha value is -2.34. The zero-order valence-corrected chi connectivity index (χ0v) is 11.7. The van der Waals surface area contributed by atoms with Crippen molar-refractivity contribution < 1.29 is 9.18 Å². The summed E-state index contributed by atoms with van der Waals surface area (Å²) in [5.74, 6) is 2.68. The van der Waals surface area contributed by atoms with Crippen LogP contribution < -0.4 is 0 Å². The number of amides is 1. The van der Waals surface area contributed by atoms with Gasteiger partial charge in [0.05, 0.1) is 6.54 Å². The number of terminal acetylenes is 1. The van der Waals surface area contributed by atoms with Gasteiger partial charge in [0.25, 0.3) is 5.91 Å². The Morgan fingerprint density at radius 2 is 1.95 bits per heavy atom. The van der Waals surface area contributed by atoms with Crippen molar-refractivity contribution in [3.05, 3.63) is 47.8 Å². The summed E-state index contributed by atoms with van der Waals surface area (Å²) < 4.78 is 13.8. The summed E-state index contributed by atoms with van der Waals surface area (Å²) in [6.07, 6.45) is 7.68. The van der Waals surface area contributed by atoms with Crippen molar-refractivity contribution in [2.24, 2.45) is 5.92 Å². The van der Waals surface area contributed by atoms with E-state index >= 15 is 0 Å². The maximum absolute atomic E-state index is 13.8. The molecule has 2 aromatic carbocycles. The number of benzene rings is 2. The first-order chi connectivity index (χ1) is 10.2. The van der Waals surface area contributed by atoms with Crippen molar-refractivity contribution in [1.29, 1.82) is 0 Å². The Bertz CT molecular complexity index is 728. The topological polar surface area (TPSA) is 20.3 Å². The lowest BCUT2D eigenvalue weighted by Gasteiger charge is -2.21. The highest BCUT2D eigenvalue weighted by Crippen LogP contribution is 2.31. The standard InChI is InChI=1S/C18H16FNO/c1-2-11-20(12-13-7-8-13)18(21)16-9-10-17(19)15-6-4-3-5-14(15)16/h1,3-6,9-10,13H,7-8,11-12H2. The highest BCUT2D eigenvalue weighted by Gasteiger charge is 2.27. The summed E-state index contributed by atoms with van der Waals surface area (Å²) in [4.78, 5) is 14.4. The predicted molar refractivity (Wildman–Crippen MR) is 81.4 cm³/mol. The molecular formula is C18H16FNO. The van der Waals surface area contributed by atoms with E-state index in [1.165, 1.54) is 6.07 Å². The van der Waals surface area contributed by atoms with E-state index < -0.39 is 0 Å². The van der Waals surface area contributed by atoms with Crippen LogP contribution in [0.15, 0.2) is 36.4 Å². The van der Waals surface area contributed by atoms with Crippen LogP contribution >= 0.6 is 0 Å². The van der Waals surface area contributed by atoms with Gasteiger partial charge in [-0.3, -0.25) is 4.79 Å². The zero-order chi connectivity index (χ0) is 14.8. The van der Waals surface area contributed by atoms with Gasteiger partial charge in [-0.05, 0) is 36.3 Å². The maximum atomic E-state index is 13.8. The van der Waals surface area contributed by atoms with Crippen LogP contribution in [0.5, 0.6) is 0 Å². The maximum Gasteiger partial charge on any atom is 0.255 e. The fraction of sp³-hybridized carbons (Fsp3) is 0.278. The molecule has 0 bridgehead atoms. The van der Waals surface area contributed by atoms with E-state index in [4.69, 9.17) is 6.42 Å². The highest BCUT2D eigenvalue weighted by atomic mass is 19.1. The molecule has 0 saturated heterocycles. The first kappa shape index (κ1) is 13.6. The molecule has 3 rings (SSSR count). The number of hydrogen-bond donors (Lipinski definition) is 0. The quantitative estimate of drug-likeness (QED) is 0.786. The molecule has 0 aliphatic heterocycles. The number of carbonyl (C=O) groups excluding carboxylic acids is 1. The smallest absolute Gasteiger partial charge is 0.255 e. The first-order valence-corrected chi connectivity index (χ1v) is 7.10. The molecule has 1 amide bonds. The monoisotopic (exact) mass is 281 g/mol. The van der Waals surface area contributed by atoms with Gasteiger partial charge in [0, 0.05) is 17.5 Å².